The fourth-order valence-electron chi connectivity index (χ4n) is 2.49. The maximum atomic E-state index is 12.0. The summed E-state index contributed by atoms with van der Waals surface area (Å²) in [5.74, 6) is 0.918. The van der Waals surface area contributed by atoms with E-state index in [1.54, 1.807) is 20.8 Å². The zero-order valence-electron chi connectivity index (χ0n) is 11.6. The van der Waals surface area contributed by atoms with Gasteiger partial charge in [0.15, 0.2) is 9.84 Å². The zero-order valence-corrected chi connectivity index (χ0v) is 12.4. The quantitative estimate of drug-likeness (QED) is 0.846. The second-order valence-electron chi connectivity index (χ2n) is 6.56. The monoisotopic (exact) mass is 261 g/mol. The SMILES string of the molecule is CCC1CCC(N)(CCS(=O)(=O)C(C)(C)C)C1. The molecule has 0 bridgehead atoms. The molecule has 0 aromatic carbocycles. The van der Waals surface area contributed by atoms with Crippen LogP contribution in [0.4, 0.5) is 0 Å². The Morgan fingerprint density at radius 3 is 2.35 bits per heavy atom. The first-order valence-electron chi connectivity index (χ1n) is 6.61. The van der Waals surface area contributed by atoms with Crippen molar-refractivity contribution in [1.29, 1.82) is 0 Å². The summed E-state index contributed by atoms with van der Waals surface area (Å²) in [6.07, 6.45) is 4.89. The molecule has 0 heterocycles. The number of hydrogen-bond acceptors (Lipinski definition) is 3. The van der Waals surface area contributed by atoms with Gasteiger partial charge in [0.2, 0.25) is 0 Å². The Morgan fingerprint density at radius 2 is 1.94 bits per heavy atom. The molecule has 0 amide bonds. The molecule has 1 aliphatic rings. The average Bonchev–Trinajstić information content (AvgIpc) is 2.57. The maximum Gasteiger partial charge on any atom is 0.155 e. The van der Waals surface area contributed by atoms with Gasteiger partial charge in [-0.25, -0.2) is 8.42 Å². The standard InChI is InChI=1S/C13H27NO2S/c1-5-11-6-7-13(14,10-11)8-9-17(15,16)12(2,3)4/h11H,5-10,14H2,1-4H3. The van der Waals surface area contributed by atoms with Crippen LogP contribution in [0.2, 0.25) is 0 Å². The van der Waals surface area contributed by atoms with Gasteiger partial charge < -0.3 is 5.73 Å². The number of hydrogen-bond donors (Lipinski definition) is 1. The second-order valence-corrected chi connectivity index (χ2v) is 9.42. The molecule has 0 aromatic heterocycles. The largest absolute Gasteiger partial charge is 0.325 e. The smallest absolute Gasteiger partial charge is 0.155 e. The molecule has 17 heavy (non-hydrogen) atoms. The molecular weight excluding hydrogens is 234 g/mol. The van der Waals surface area contributed by atoms with Crippen LogP contribution in [0.25, 0.3) is 0 Å². The summed E-state index contributed by atoms with van der Waals surface area (Å²) < 4.78 is 23.4. The minimum absolute atomic E-state index is 0.226. The Kier molecular flexibility index (Phi) is 4.30. The van der Waals surface area contributed by atoms with E-state index in [1.165, 1.54) is 0 Å². The molecule has 1 rings (SSSR count). The lowest BCUT2D eigenvalue weighted by molar-refractivity contribution is 0.395. The van der Waals surface area contributed by atoms with Crippen molar-refractivity contribution in [2.75, 3.05) is 5.75 Å². The van der Waals surface area contributed by atoms with Crippen molar-refractivity contribution in [2.45, 2.75) is 70.1 Å². The molecule has 0 aromatic rings. The summed E-state index contributed by atoms with van der Waals surface area (Å²) >= 11 is 0. The van der Waals surface area contributed by atoms with Gasteiger partial charge in [-0.05, 0) is 52.4 Å². The lowest BCUT2D eigenvalue weighted by atomic mass is 9.93. The molecule has 2 unspecified atom stereocenters. The molecule has 1 fully saturated rings. The Bertz CT molecular complexity index is 356. The van der Waals surface area contributed by atoms with E-state index in [0.717, 1.165) is 25.7 Å². The Morgan fingerprint density at radius 1 is 1.35 bits per heavy atom. The van der Waals surface area contributed by atoms with E-state index >= 15 is 0 Å². The molecule has 2 N–H and O–H groups in total. The van der Waals surface area contributed by atoms with Gasteiger partial charge in [-0.3, -0.25) is 0 Å². The first kappa shape index (κ1) is 15.0. The third-order valence-electron chi connectivity index (χ3n) is 4.12. The third kappa shape index (κ3) is 3.68. The van der Waals surface area contributed by atoms with E-state index in [9.17, 15) is 8.42 Å². The lowest BCUT2D eigenvalue weighted by Gasteiger charge is -2.27. The number of rotatable bonds is 4. The molecule has 102 valence electrons. The van der Waals surface area contributed by atoms with Crippen molar-refractivity contribution < 1.29 is 8.42 Å². The van der Waals surface area contributed by atoms with Crippen LogP contribution in [-0.2, 0) is 9.84 Å². The van der Waals surface area contributed by atoms with Crippen molar-refractivity contribution in [1.82, 2.24) is 0 Å². The number of nitrogens with two attached hydrogens (primary N) is 1. The van der Waals surface area contributed by atoms with Gasteiger partial charge in [0.1, 0.15) is 0 Å². The minimum Gasteiger partial charge on any atom is -0.325 e. The average molecular weight is 261 g/mol. The van der Waals surface area contributed by atoms with Gasteiger partial charge in [0.05, 0.1) is 10.5 Å². The highest BCUT2D eigenvalue weighted by atomic mass is 32.2. The van der Waals surface area contributed by atoms with Crippen LogP contribution >= 0.6 is 0 Å². The minimum atomic E-state index is -3.03. The van der Waals surface area contributed by atoms with Gasteiger partial charge in [-0.1, -0.05) is 13.3 Å². The molecule has 1 saturated carbocycles. The van der Waals surface area contributed by atoms with Crippen LogP contribution in [0.5, 0.6) is 0 Å². The van der Waals surface area contributed by atoms with Crippen LogP contribution in [-0.4, -0.2) is 24.5 Å². The van der Waals surface area contributed by atoms with E-state index in [1.807, 2.05) is 0 Å². The zero-order chi connectivity index (χ0) is 13.3. The van der Waals surface area contributed by atoms with E-state index in [4.69, 9.17) is 5.73 Å². The third-order valence-corrected chi connectivity index (χ3v) is 6.73. The van der Waals surface area contributed by atoms with Gasteiger partial charge in [0, 0.05) is 5.54 Å². The topological polar surface area (TPSA) is 60.2 Å². The van der Waals surface area contributed by atoms with Crippen molar-refractivity contribution in [3.05, 3.63) is 0 Å². The summed E-state index contributed by atoms with van der Waals surface area (Å²) in [6.45, 7) is 7.46. The highest BCUT2D eigenvalue weighted by molar-refractivity contribution is 7.92. The van der Waals surface area contributed by atoms with Gasteiger partial charge >= 0.3 is 0 Å². The van der Waals surface area contributed by atoms with E-state index in [2.05, 4.69) is 6.92 Å². The highest BCUT2D eigenvalue weighted by Gasteiger charge is 2.37. The summed E-state index contributed by atoms with van der Waals surface area (Å²) in [7, 11) is -3.03. The maximum absolute atomic E-state index is 12.0. The molecular formula is C13H27NO2S. The van der Waals surface area contributed by atoms with Crippen LogP contribution < -0.4 is 5.73 Å². The molecule has 3 nitrogen and oxygen atoms in total. The molecule has 2 atom stereocenters. The van der Waals surface area contributed by atoms with Crippen molar-refractivity contribution in [3.63, 3.8) is 0 Å². The van der Waals surface area contributed by atoms with E-state index < -0.39 is 14.6 Å². The fraction of sp³-hybridized carbons (Fsp3) is 1.00. The summed E-state index contributed by atoms with van der Waals surface area (Å²) in [5, 5.41) is 0. The van der Waals surface area contributed by atoms with Crippen molar-refractivity contribution >= 4 is 9.84 Å². The van der Waals surface area contributed by atoms with Gasteiger partial charge in [0.25, 0.3) is 0 Å². The molecule has 0 radical (unpaired) electrons. The normalized spacial score (nSPS) is 30.8. The summed E-state index contributed by atoms with van der Waals surface area (Å²) in [5.41, 5.74) is 6.07. The fourth-order valence-corrected chi connectivity index (χ4v) is 3.78. The Hall–Kier alpha value is -0.0900. The first-order chi connectivity index (χ1) is 7.60. The lowest BCUT2D eigenvalue weighted by Crippen LogP contribution is -2.41. The molecule has 4 heteroatoms. The van der Waals surface area contributed by atoms with Gasteiger partial charge in [-0.2, -0.15) is 0 Å². The van der Waals surface area contributed by atoms with Crippen LogP contribution in [0, 0.1) is 5.92 Å². The molecule has 1 aliphatic carbocycles. The molecule has 0 spiro atoms. The Balaban J connectivity index is 2.58. The van der Waals surface area contributed by atoms with Crippen LogP contribution in [0.15, 0.2) is 0 Å². The number of sulfone groups is 1. The highest BCUT2D eigenvalue weighted by Crippen LogP contribution is 2.37. The van der Waals surface area contributed by atoms with Gasteiger partial charge in [-0.15, -0.1) is 0 Å². The summed E-state index contributed by atoms with van der Waals surface area (Å²) in [6, 6.07) is 0. The van der Waals surface area contributed by atoms with Crippen molar-refractivity contribution in [3.8, 4) is 0 Å². The molecule has 0 aliphatic heterocycles. The van der Waals surface area contributed by atoms with E-state index in [-0.39, 0.29) is 11.3 Å². The summed E-state index contributed by atoms with van der Waals surface area (Å²) in [4.78, 5) is 0. The molecule has 0 saturated heterocycles. The van der Waals surface area contributed by atoms with Crippen LogP contribution in [0.3, 0.4) is 0 Å². The second kappa shape index (κ2) is 4.88. The predicted octanol–water partition coefficient (Wildman–Crippen LogP) is 2.50. The van der Waals surface area contributed by atoms with Crippen molar-refractivity contribution in [2.24, 2.45) is 11.7 Å². The Labute approximate surface area is 106 Å². The first-order valence-corrected chi connectivity index (χ1v) is 8.26. The predicted molar refractivity (Wildman–Crippen MR) is 72.7 cm³/mol. The van der Waals surface area contributed by atoms with E-state index in [0.29, 0.717) is 12.3 Å². The van der Waals surface area contributed by atoms with Crippen LogP contribution in [0.1, 0.15) is 59.8 Å².